The molecule has 1 N–H and O–H groups in total. The van der Waals surface area contributed by atoms with Gasteiger partial charge in [0.05, 0.1) is 0 Å². The van der Waals surface area contributed by atoms with Crippen LogP contribution in [-0.4, -0.2) is 41.3 Å². The number of hydrogen-bond acceptors (Lipinski definition) is 4. The molecule has 1 aromatic carbocycles. The van der Waals surface area contributed by atoms with Crippen molar-refractivity contribution >= 4 is 29.3 Å². The van der Waals surface area contributed by atoms with E-state index >= 15 is 0 Å². The van der Waals surface area contributed by atoms with E-state index in [2.05, 4.69) is 5.32 Å². The Morgan fingerprint density at radius 2 is 2.19 bits per heavy atom. The van der Waals surface area contributed by atoms with Gasteiger partial charge in [-0.2, -0.15) is 0 Å². The van der Waals surface area contributed by atoms with Gasteiger partial charge in [0.15, 0.2) is 6.10 Å². The van der Waals surface area contributed by atoms with E-state index in [1.54, 1.807) is 38.1 Å². The highest BCUT2D eigenvalue weighted by molar-refractivity contribution is 6.30. The third-order valence-electron chi connectivity index (χ3n) is 3.16. The molecule has 2 unspecified atom stereocenters. The lowest BCUT2D eigenvalue weighted by Crippen LogP contribution is -2.60. The Labute approximate surface area is 127 Å². The molecule has 21 heavy (non-hydrogen) atoms. The van der Waals surface area contributed by atoms with Crippen LogP contribution in [0.25, 0.3) is 0 Å². The third-order valence-corrected chi connectivity index (χ3v) is 3.40. The number of rotatable bonds is 3. The maximum Gasteiger partial charge on any atom is 0.264 e. The molecule has 0 radical (unpaired) electrons. The van der Waals surface area contributed by atoms with Gasteiger partial charge in [0.25, 0.3) is 5.91 Å². The predicted molar refractivity (Wildman–Crippen MR) is 75.9 cm³/mol. The van der Waals surface area contributed by atoms with Gasteiger partial charge in [-0.3, -0.25) is 19.7 Å². The van der Waals surface area contributed by atoms with E-state index in [0.717, 1.165) is 0 Å². The van der Waals surface area contributed by atoms with Crippen molar-refractivity contribution in [1.29, 1.82) is 0 Å². The molecule has 0 aliphatic carbocycles. The average molecular weight is 311 g/mol. The number of ether oxygens (including phenoxy) is 1. The maximum absolute atomic E-state index is 12.3. The summed E-state index contributed by atoms with van der Waals surface area (Å²) in [5.41, 5.74) is 0. The first-order valence-electron chi connectivity index (χ1n) is 6.45. The van der Waals surface area contributed by atoms with Gasteiger partial charge >= 0.3 is 0 Å². The van der Waals surface area contributed by atoms with Crippen LogP contribution in [0.1, 0.15) is 13.8 Å². The second-order valence-corrected chi connectivity index (χ2v) is 5.21. The molecule has 0 bridgehead atoms. The lowest BCUT2D eigenvalue weighted by molar-refractivity contribution is -0.152. The van der Waals surface area contributed by atoms with Gasteiger partial charge in [0.1, 0.15) is 18.3 Å². The molecule has 0 aromatic heterocycles. The van der Waals surface area contributed by atoms with Crippen molar-refractivity contribution in [2.24, 2.45) is 0 Å². The number of amides is 3. The Hall–Kier alpha value is -2.08. The number of hydrogen-bond donors (Lipinski definition) is 1. The summed E-state index contributed by atoms with van der Waals surface area (Å²) < 4.78 is 5.51. The number of carbonyl (C=O) groups is 3. The molecule has 3 amide bonds. The molecule has 1 aliphatic rings. The normalized spacial score (nSPS) is 20.0. The largest absolute Gasteiger partial charge is 0.481 e. The molecule has 0 spiro atoms. The molecule has 6 nitrogen and oxygen atoms in total. The van der Waals surface area contributed by atoms with Gasteiger partial charge in [-0.1, -0.05) is 17.7 Å². The van der Waals surface area contributed by atoms with Gasteiger partial charge in [-0.05, 0) is 32.0 Å². The zero-order chi connectivity index (χ0) is 15.6. The maximum atomic E-state index is 12.3. The lowest BCUT2D eigenvalue weighted by Gasteiger charge is -2.33. The summed E-state index contributed by atoms with van der Waals surface area (Å²) in [6.07, 6.45) is -0.829. The highest BCUT2D eigenvalue weighted by Gasteiger charge is 2.36. The lowest BCUT2D eigenvalue weighted by atomic mass is 10.1. The van der Waals surface area contributed by atoms with Crippen molar-refractivity contribution in [2.45, 2.75) is 26.0 Å². The number of nitrogens with zero attached hydrogens (tertiary/aromatic N) is 1. The first kappa shape index (κ1) is 15.3. The Morgan fingerprint density at radius 1 is 1.48 bits per heavy atom. The summed E-state index contributed by atoms with van der Waals surface area (Å²) in [5.74, 6) is -0.967. The van der Waals surface area contributed by atoms with Crippen LogP contribution in [0.2, 0.25) is 5.02 Å². The van der Waals surface area contributed by atoms with E-state index in [-0.39, 0.29) is 6.54 Å². The Morgan fingerprint density at radius 3 is 2.86 bits per heavy atom. The van der Waals surface area contributed by atoms with E-state index in [9.17, 15) is 14.4 Å². The molecule has 1 aromatic rings. The molecule has 2 rings (SSSR count). The molecule has 112 valence electrons. The molecule has 1 aliphatic heterocycles. The second-order valence-electron chi connectivity index (χ2n) is 4.77. The topological polar surface area (TPSA) is 75.7 Å². The van der Waals surface area contributed by atoms with Crippen molar-refractivity contribution in [3.05, 3.63) is 29.3 Å². The van der Waals surface area contributed by atoms with Crippen molar-refractivity contribution in [1.82, 2.24) is 10.2 Å². The van der Waals surface area contributed by atoms with E-state index in [0.29, 0.717) is 10.8 Å². The Kier molecular flexibility index (Phi) is 4.47. The molecule has 1 fully saturated rings. The fourth-order valence-electron chi connectivity index (χ4n) is 2.01. The van der Waals surface area contributed by atoms with Crippen molar-refractivity contribution < 1.29 is 19.1 Å². The first-order chi connectivity index (χ1) is 9.88. The van der Waals surface area contributed by atoms with Crippen molar-refractivity contribution in [3.8, 4) is 5.75 Å². The van der Waals surface area contributed by atoms with Crippen LogP contribution in [0.4, 0.5) is 0 Å². The minimum Gasteiger partial charge on any atom is -0.481 e. The van der Waals surface area contributed by atoms with Crippen molar-refractivity contribution in [3.63, 3.8) is 0 Å². The third kappa shape index (κ3) is 3.52. The molecule has 1 heterocycles. The zero-order valence-corrected chi connectivity index (χ0v) is 12.4. The van der Waals surface area contributed by atoms with Gasteiger partial charge < -0.3 is 9.64 Å². The van der Waals surface area contributed by atoms with E-state index in [1.807, 2.05) is 0 Å². The zero-order valence-electron chi connectivity index (χ0n) is 11.6. The average Bonchev–Trinajstić information content (AvgIpc) is 2.42. The summed E-state index contributed by atoms with van der Waals surface area (Å²) in [6.45, 7) is 2.97. The Balaban J connectivity index is 2.08. The number of benzene rings is 1. The SMILES string of the molecule is CC(Oc1cccc(Cl)c1)C(=O)N1CC(=O)NC(=O)C1C. The highest BCUT2D eigenvalue weighted by atomic mass is 35.5. The predicted octanol–water partition coefficient (Wildman–Crippen LogP) is 0.981. The summed E-state index contributed by atoms with van der Waals surface area (Å²) in [4.78, 5) is 36.5. The fourth-order valence-corrected chi connectivity index (χ4v) is 2.19. The van der Waals surface area contributed by atoms with Crippen LogP contribution in [0.5, 0.6) is 5.75 Å². The summed E-state index contributed by atoms with van der Waals surface area (Å²) in [7, 11) is 0. The minimum absolute atomic E-state index is 0.158. The van der Waals surface area contributed by atoms with Crippen LogP contribution in [0.15, 0.2) is 24.3 Å². The number of nitrogens with one attached hydrogen (secondary N) is 1. The second kappa shape index (κ2) is 6.13. The van der Waals surface area contributed by atoms with Crippen LogP contribution in [0.3, 0.4) is 0 Å². The van der Waals surface area contributed by atoms with E-state index in [1.165, 1.54) is 4.90 Å². The van der Waals surface area contributed by atoms with Crippen LogP contribution >= 0.6 is 11.6 Å². The molecule has 2 atom stereocenters. The molecular weight excluding hydrogens is 296 g/mol. The first-order valence-corrected chi connectivity index (χ1v) is 6.82. The van der Waals surface area contributed by atoms with Gasteiger partial charge in [-0.15, -0.1) is 0 Å². The Bertz CT molecular complexity index is 590. The van der Waals surface area contributed by atoms with Crippen LogP contribution in [-0.2, 0) is 14.4 Å². The molecule has 7 heteroatoms. The highest BCUT2D eigenvalue weighted by Crippen LogP contribution is 2.19. The molecular formula is C14H15ClN2O4. The van der Waals surface area contributed by atoms with Gasteiger partial charge in [-0.25, -0.2) is 0 Å². The number of imide groups is 1. The van der Waals surface area contributed by atoms with Gasteiger partial charge in [0, 0.05) is 5.02 Å². The van der Waals surface area contributed by atoms with E-state index in [4.69, 9.17) is 16.3 Å². The number of halogens is 1. The van der Waals surface area contributed by atoms with Crippen LogP contribution in [0, 0.1) is 0 Å². The van der Waals surface area contributed by atoms with E-state index < -0.39 is 29.9 Å². The van der Waals surface area contributed by atoms with Crippen LogP contribution < -0.4 is 10.1 Å². The fraction of sp³-hybridized carbons (Fsp3) is 0.357. The molecule has 0 saturated carbocycles. The quantitative estimate of drug-likeness (QED) is 0.845. The smallest absolute Gasteiger partial charge is 0.264 e. The van der Waals surface area contributed by atoms with Gasteiger partial charge in [0.2, 0.25) is 11.8 Å². The molecule has 1 saturated heterocycles. The number of piperazine rings is 1. The minimum atomic E-state index is -0.829. The number of carbonyl (C=O) groups excluding carboxylic acids is 3. The summed E-state index contributed by atoms with van der Waals surface area (Å²) >= 11 is 5.85. The summed E-state index contributed by atoms with van der Waals surface area (Å²) in [5, 5.41) is 2.67. The monoisotopic (exact) mass is 310 g/mol. The van der Waals surface area contributed by atoms with Crippen molar-refractivity contribution in [2.75, 3.05) is 6.54 Å². The standard InChI is InChI=1S/C14H15ClN2O4/c1-8-13(19)16-12(18)7-17(8)14(20)9(2)21-11-5-3-4-10(15)6-11/h3-6,8-9H,7H2,1-2H3,(H,16,18,19). The summed E-state index contributed by atoms with van der Waals surface area (Å²) in [6, 6.07) is 5.95.